The molecule has 1 rings (SSSR count). The van der Waals surface area contributed by atoms with Gasteiger partial charge in [0.25, 0.3) is 0 Å². The van der Waals surface area contributed by atoms with Crippen LogP contribution in [-0.2, 0) is 0 Å². The molecule has 0 unspecified atom stereocenters. The Morgan fingerprint density at radius 1 is 1.20 bits per heavy atom. The maximum absolute atomic E-state index is 4.04. The summed E-state index contributed by atoms with van der Waals surface area (Å²) in [7, 11) is 0. The molecule has 0 fully saturated rings. The third-order valence-electron chi connectivity index (χ3n) is 2.16. The summed E-state index contributed by atoms with van der Waals surface area (Å²) < 4.78 is 0. The molecule has 0 saturated carbocycles. The molecule has 0 N–H and O–H groups in total. The zero-order chi connectivity index (χ0) is 10.8. The van der Waals surface area contributed by atoms with Gasteiger partial charge in [-0.1, -0.05) is 50.8 Å². The van der Waals surface area contributed by atoms with Gasteiger partial charge < -0.3 is 0 Å². The summed E-state index contributed by atoms with van der Waals surface area (Å²) in [4.78, 5) is 11.6. The predicted molar refractivity (Wildman–Crippen MR) is 62.8 cm³/mol. The molecule has 0 aliphatic heterocycles. The second-order valence-corrected chi connectivity index (χ2v) is 4.55. The molecule has 4 heteroatoms. The summed E-state index contributed by atoms with van der Waals surface area (Å²) in [5.41, 5.74) is 0. The Morgan fingerprint density at radius 2 is 2.00 bits per heavy atom. The predicted octanol–water partition coefficient (Wildman–Crippen LogP) is 3.12. The van der Waals surface area contributed by atoms with Crippen molar-refractivity contribution in [2.75, 3.05) is 5.75 Å². The first-order chi connectivity index (χ1) is 7.43. The van der Waals surface area contributed by atoms with Gasteiger partial charge in [0.15, 0.2) is 5.16 Å². The van der Waals surface area contributed by atoms with Crippen LogP contribution in [0.4, 0.5) is 0 Å². The van der Waals surface area contributed by atoms with E-state index in [1.54, 1.807) is 11.8 Å². The highest BCUT2D eigenvalue weighted by atomic mass is 32.2. The van der Waals surface area contributed by atoms with Gasteiger partial charge in [-0.15, -0.1) is 0 Å². The highest BCUT2D eigenvalue weighted by Gasteiger charge is 1.96. The average Bonchev–Trinajstić information content (AvgIpc) is 2.29. The molecule has 1 aromatic rings. The highest BCUT2D eigenvalue weighted by Crippen LogP contribution is 2.14. The van der Waals surface area contributed by atoms with Gasteiger partial charge in [-0.25, -0.2) is 9.97 Å². The first-order valence-corrected chi connectivity index (χ1v) is 6.60. The number of rotatable bonds is 8. The van der Waals surface area contributed by atoms with Crippen LogP contribution in [0.25, 0.3) is 0 Å². The highest BCUT2D eigenvalue weighted by molar-refractivity contribution is 7.99. The molecule has 0 aromatic carbocycles. The van der Waals surface area contributed by atoms with Gasteiger partial charge in [0.05, 0.1) is 0 Å². The van der Waals surface area contributed by atoms with Crippen molar-refractivity contribution in [3.63, 3.8) is 0 Å². The number of unbranched alkanes of at least 4 members (excludes halogenated alkanes) is 5. The molecule has 0 bridgehead atoms. The lowest BCUT2D eigenvalue weighted by Gasteiger charge is -1.99. The van der Waals surface area contributed by atoms with Gasteiger partial charge in [-0.05, 0) is 6.42 Å². The lowest BCUT2D eigenvalue weighted by atomic mass is 10.1. The minimum Gasteiger partial charge on any atom is -0.213 e. The summed E-state index contributed by atoms with van der Waals surface area (Å²) in [6.45, 7) is 2.24. The standard InChI is InChI=1S/C11H18N3S/c1-2-3-4-5-6-7-8-15-11-13-9-12-10-14-11/h9H,2-8H2,1H3. The van der Waals surface area contributed by atoms with E-state index in [-0.39, 0.29) is 0 Å². The van der Waals surface area contributed by atoms with E-state index in [0.29, 0.717) is 0 Å². The van der Waals surface area contributed by atoms with E-state index in [0.717, 1.165) is 10.9 Å². The fourth-order valence-electron chi connectivity index (χ4n) is 1.32. The van der Waals surface area contributed by atoms with Crippen LogP contribution in [0.2, 0.25) is 0 Å². The molecule has 0 spiro atoms. The summed E-state index contributed by atoms with van der Waals surface area (Å²) in [6, 6.07) is 0. The van der Waals surface area contributed by atoms with Crippen LogP contribution in [0.5, 0.6) is 0 Å². The maximum Gasteiger partial charge on any atom is 0.201 e. The minimum atomic E-state index is 0.790. The van der Waals surface area contributed by atoms with E-state index < -0.39 is 0 Å². The van der Waals surface area contributed by atoms with Crippen molar-refractivity contribution in [3.05, 3.63) is 12.7 Å². The van der Waals surface area contributed by atoms with Crippen molar-refractivity contribution in [3.8, 4) is 0 Å². The van der Waals surface area contributed by atoms with E-state index in [1.165, 1.54) is 44.9 Å². The second kappa shape index (κ2) is 8.65. The quantitative estimate of drug-likeness (QED) is 0.502. The van der Waals surface area contributed by atoms with Crippen molar-refractivity contribution in [1.82, 2.24) is 15.0 Å². The van der Waals surface area contributed by atoms with Crippen molar-refractivity contribution < 1.29 is 0 Å². The van der Waals surface area contributed by atoms with Crippen molar-refractivity contribution >= 4 is 11.8 Å². The van der Waals surface area contributed by atoms with Crippen LogP contribution in [0.15, 0.2) is 11.5 Å². The summed E-state index contributed by atoms with van der Waals surface area (Å²) >= 11 is 1.69. The van der Waals surface area contributed by atoms with Gasteiger partial charge in [-0.2, -0.15) is 4.98 Å². The molecule has 83 valence electrons. The van der Waals surface area contributed by atoms with Gasteiger partial charge in [0, 0.05) is 5.75 Å². The minimum absolute atomic E-state index is 0.790. The monoisotopic (exact) mass is 224 g/mol. The van der Waals surface area contributed by atoms with Crippen LogP contribution in [-0.4, -0.2) is 20.7 Å². The number of nitrogens with zero attached hydrogens (tertiary/aromatic N) is 3. The molecule has 15 heavy (non-hydrogen) atoms. The SMILES string of the molecule is CCCCCCCCSc1n[c]ncn1. The molecule has 1 aromatic heterocycles. The number of hydrogen-bond acceptors (Lipinski definition) is 4. The topological polar surface area (TPSA) is 38.7 Å². The first-order valence-electron chi connectivity index (χ1n) is 5.61. The van der Waals surface area contributed by atoms with Crippen LogP contribution < -0.4 is 0 Å². The van der Waals surface area contributed by atoms with E-state index in [2.05, 4.69) is 28.2 Å². The third kappa shape index (κ3) is 6.44. The summed E-state index contributed by atoms with van der Waals surface area (Å²) in [5.74, 6) is 1.10. The molecule has 1 heterocycles. The molecular weight excluding hydrogens is 206 g/mol. The molecule has 0 aliphatic rings. The molecule has 0 saturated heterocycles. The molecule has 0 aliphatic carbocycles. The van der Waals surface area contributed by atoms with Gasteiger partial charge in [-0.3, -0.25) is 0 Å². The number of aromatic nitrogens is 3. The zero-order valence-corrected chi connectivity index (χ0v) is 10.1. The second-order valence-electron chi connectivity index (χ2n) is 3.48. The fraction of sp³-hybridized carbons (Fsp3) is 0.727. The van der Waals surface area contributed by atoms with Crippen LogP contribution in [0.1, 0.15) is 45.4 Å². The lowest BCUT2D eigenvalue weighted by molar-refractivity contribution is 0.626. The van der Waals surface area contributed by atoms with Crippen LogP contribution >= 0.6 is 11.8 Å². The Balaban J connectivity index is 1.93. The van der Waals surface area contributed by atoms with Crippen molar-refractivity contribution in [1.29, 1.82) is 0 Å². The largest absolute Gasteiger partial charge is 0.213 e. The van der Waals surface area contributed by atoms with Gasteiger partial charge >= 0.3 is 0 Å². The summed E-state index contributed by atoms with van der Waals surface area (Å²) in [5, 5.41) is 0.790. The molecular formula is C11H18N3S. The third-order valence-corrected chi connectivity index (χ3v) is 3.11. The zero-order valence-electron chi connectivity index (χ0n) is 9.28. The smallest absolute Gasteiger partial charge is 0.201 e. The molecule has 3 nitrogen and oxygen atoms in total. The number of hydrogen-bond donors (Lipinski definition) is 0. The molecule has 0 atom stereocenters. The molecule has 0 amide bonds. The average molecular weight is 224 g/mol. The van der Waals surface area contributed by atoms with Crippen LogP contribution in [0, 0.1) is 6.33 Å². The number of thioether (sulfide) groups is 1. The van der Waals surface area contributed by atoms with E-state index in [4.69, 9.17) is 0 Å². The normalized spacial score (nSPS) is 10.5. The fourth-order valence-corrected chi connectivity index (χ4v) is 2.08. The Bertz CT molecular complexity index is 241. The molecule has 1 radical (unpaired) electrons. The van der Waals surface area contributed by atoms with Crippen molar-refractivity contribution in [2.24, 2.45) is 0 Å². The Hall–Kier alpha value is -0.640. The Kier molecular flexibility index (Phi) is 7.17. The maximum atomic E-state index is 4.04. The van der Waals surface area contributed by atoms with Gasteiger partial charge in [0.1, 0.15) is 6.33 Å². The first kappa shape index (κ1) is 12.4. The van der Waals surface area contributed by atoms with E-state index in [1.807, 2.05) is 0 Å². The summed E-state index contributed by atoms with van der Waals surface area (Å²) in [6.07, 6.45) is 12.0. The van der Waals surface area contributed by atoms with Crippen LogP contribution in [0.3, 0.4) is 0 Å². The van der Waals surface area contributed by atoms with E-state index in [9.17, 15) is 0 Å². The Morgan fingerprint density at radius 3 is 2.73 bits per heavy atom. The van der Waals surface area contributed by atoms with Crippen molar-refractivity contribution in [2.45, 2.75) is 50.6 Å². The Labute approximate surface area is 96.1 Å². The van der Waals surface area contributed by atoms with Gasteiger partial charge in [0.2, 0.25) is 6.33 Å². The lowest BCUT2D eigenvalue weighted by Crippen LogP contribution is -1.89. The van der Waals surface area contributed by atoms with E-state index >= 15 is 0 Å².